The van der Waals surface area contributed by atoms with E-state index >= 15 is 0 Å². The fraction of sp³-hybridized carbons (Fsp3) is 0.952. The van der Waals surface area contributed by atoms with Crippen LogP contribution in [0.15, 0.2) is 0 Å². The van der Waals surface area contributed by atoms with Gasteiger partial charge in [-0.3, -0.25) is 4.79 Å². The lowest BCUT2D eigenvalue weighted by Gasteiger charge is -2.20. The minimum absolute atomic E-state index is 0.0136. The maximum atomic E-state index is 11.8. The lowest BCUT2D eigenvalue weighted by atomic mass is 9.98. The van der Waals surface area contributed by atoms with E-state index in [1.165, 1.54) is 83.5 Å². The van der Waals surface area contributed by atoms with Crippen LogP contribution in [0, 0.1) is 0 Å². The molecular formula is C21H44N2O. The van der Waals surface area contributed by atoms with Crippen LogP contribution in [0.2, 0.25) is 0 Å². The van der Waals surface area contributed by atoms with Gasteiger partial charge in [-0.15, -0.1) is 0 Å². The summed E-state index contributed by atoms with van der Waals surface area (Å²) in [5, 5.41) is 0. The van der Waals surface area contributed by atoms with Gasteiger partial charge >= 0.3 is 0 Å². The molecule has 24 heavy (non-hydrogen) atoms. The van der Waals surface area contributed by atoms with E-state index in [1.54, 1.807) is 0 Å². The molecule has 0 aromatic rings. The second-order valence-electron chi connectivity index (χ2n) is 7.52. The number of ketones is 1. The predicted octanol–water partition coefficient (Wildman–Crippen LogP) is 5.84. The number of carbonyl (C=O) groups is 1. The zero-order chi connectivity index (χ0) is 18.1. The molecule has 0 saturated heterocycles. The third-order valence-electron chi connectivity index (χ3n) is 5.11. The van der Waals surface area contributed by atoms with E-state index < -0.39 is 5.66 Å². The van der Waals surface area contributed by atoms with Crippen molar-refractivity contribution in [3.63, 3.8) is 0 Å². The topological polar surface area (TPSA) is 69.1 Å². The first-order valence-corrected chi connectivity index (χ1v) is 10.7. The van der Waals surface area contributed by atoms with Gasteiger partial charge in [-0.05, 0) is 12.8 Å². The van der Waals surface area contributed by atoms with Crippen molar-refractivity contribution >= 4 is 5.78 Å². The molecule has 144 valence electrons. The van der Waals surface area contributed by atoms with Crippen LogP contribution in [0.1, 0.15) is 123 Å². The molecule has 0 radical (unpaired) electrons. The molecule has 0 unspecified atom stereocenters. The van der Waals surface area contributed by atoms with Crippen molar-refractivity contribution in [2.24, 2.45) is 11.5 Å². The molecular weight excluding hydrogens is 296 g/mol. The molecule has 0 aliphatic heterocycles. The minimum atomic E-state index is -1.10. The first-order chi connectivity index (χ1) is 11.5. The van der Waals surface area contributed by atoms with Crippen molar-refractivity contribution in [3.8, 4) is 0 Å². The van der Waals surface area contributed by atoms with Gasteiger partial charge in [0.2, 0.25) is 0 Å². The number of carbonyl (C=O) groups excluding carboxylic acids is 1. The van der Waals surface area contributed by atoms with E-state index in [0.717, 1.165) is 12.8 Å². The van der Waals surface area contributed by atoms with Gasteiger partial charge in [-0.25, -0.2) is 0 Å². The smallest absolute Gasteiger partial charge is 0.166 e. The van der Waals surface area contributed by atoms with Gasteiger partial charge < -0.3 is 11.5 Å². The number of hydrogen-bond donors (Lipinski definition) is 2. The Morgan fingerprint density at radius 3 is 1.29 bits per heavy atom. The van der Waals surface area contributed by atoms with Gasteiger partial charge in [0.25, 0.3) is 0 Å². The molecule has 3 heteroatoms. The lowest BCUT2D eigenvalue weighted by molar-refractivity contribution is -0.124. The van der Waals surface area contributed by atoms with E-state index in [2.05, 4.69) is 6.92 Å². The zero-order valence-electron chi connectivity index (χ0n) is 16.6. The fourth-order valence-electron chi connectivity index (χ4n) is 3.09. The van der Waals surface area contributed by atoms with Crippen LogP contribution >= 0.6 is 0 Å². The van der Waals surface area contributed by atoms with Gasteiger partial charge in [0.05, 0.1) is 0 Å². The summed E-state index contributed by atoms with van der Waals surface area (Å²) in [5.74, 6) is 0.0136. The monoisotopic (exact) mass is 340 g/mol. The molecule has 0 aromatic heterocycles. The predicted molar refractivity (Wildman–Crippen MR) is 106 cm³/mol. The molecule has 0 amide bonds. The molecule has 0 rings (SSSR count). The average molecular weight is 341 g/mol. The van der Waals surface area contributed by atoms with Crippen LogP contribution in [0.25, 0.3) is 0 Å². The summed E-state index contributed by atoms with van der Waals surface area (Å²) < 4.78 is 0. The van der Waals surface area contributed by atoms with Crippen molar-refractivity contribution in [1.29, 1.82) is 0 Å². The highest BCUT2D eigenvalue weighted by atomic mass is 16.1. The molecule has 0 heterocycles. The van der Waals surface area contributed by atoms with Gasteiger partial charge in [-0.2, -0.15) is 0 Å². The Hall–Kier alpha value is -0.410. The minimum Gasteiger partial charge on any atom is -0.307 e. The molecule has 3 nitrogen and oxygen atoms in total. The largest absolute Gasteiger partial charge is 0.307 e. The van der Waals surface area contributed by atoms with Gasteiger partial charge in [0, 0.05) is 6.42 Å². The van der Waals surface area contributed by atoms with E-state index in [-0.39, 0.29) is 5.78 Å². The second kappa shape index (κ2) is 16.1. The summed E-state index contributed by atoms with van der Waals surface area (Å²) in [6, 6.07) is 0. The van der Waals surface area contributed by atoms with Gasteiger partial charge in [0.1, 0.15) is 5.66 Å². The average Bonchev–Trinajstić information content (AvgIpc) is 2.58. The standard InChI is InChI=1S/C21H44N2O/c1-3-5-6-7-8-9-10-11-12-13-14-15-16-17-18-19-20(24)21(22,23)4-2/h3-19,22-23H2,1-2H3. The van der Waals surface area contributed by atoms with Crippen LogP contribution in [-0.4, -0.2) is 11.4 Å². The van der Waals surface area contributed by atoms with Crippen molar-refractivity contribution < 1.29 is 4.79 Å². The number of Topliss-reactive ketones (excluding diaryl/α,β-unsaturated/α-hetero) is 1. The van der Waals surface area contributed by atoms with Crippen LogP contribution < -0.4 is 11.5 Å². The third-order valence-corrected chi connectivity index (χ3v) is 5.11. The Bertz CT molecular complexity index is 290. The highest BCUT2D eigenvalue weighted by Crippen LogP contribution is 2.14. The summed E-state index contributed by atoms with van der Waals surface area (Å²) >= 11 is 0. The second-order valence-corrected chi connectivity index (χ2v) is 7.52. The van der Waals surface area contributed by atoms with E-state index in [4.69, 9.17) is 11.5 Å². The molecule has 0 aliphatic carbocycles. The SMILES string of the molecule is CCCCCCCCCCCCCCCCCC(=O)C(N)(N)CC. The molecule has 4 N–H and O–H groups in total. The molecule has 0 aromatic carbocycles. The summed E-state index contributed by atoms with van der Waals surface area (Å²) in [6.07, 6.45) is 21.1. The number of rotatable bonds is 18. The third kappa shape index (κ3) is 14.0. The normalized spacial score (nSPS) is 11.8. The van der Waals surface area contributed by atoms with Crippen molar-refractivity contribution in [1.82, 2.24) is 0 Å². The number of nitrogens with two attached hydrogens (primary N) is 2. The number of unbranched alkanes of at least 4 members (excludes halogenated alkanes) is 14. The molecule has 0 spiro atoms. The molecule has 0 aliphatic rings. The highest BCUT2D eigenvalue weighted by Gasteiger charge is 2.25. The van der Waals surface area contributed by atoms with Crippen LogP contribution in [0.4, 0.5) is 0 Å². The van der Waals surface area contributed by atoms with Crippen LogP contribution in [0.3, 0.4) is 0 Å². The number of hydrogen-bond acceptors (Lipinski definition) is 3. The summed E-state index contributed by atoms with van der Waals surface area (Å²) in [6.45, 7) is 4.14. The molecule has 0 saturated carbocycles. The lowest BCUT2D eigenvalue weighted by Crippen LogP contribution is -2.55. The Labute approximate surface area is 151 Å². The van der Waals surface area contributed by atoms with Crippen molar-refractivity contribution in [2.75, 3.05) is 0 Å². The Morgan fingerprint density at radius 2 is 0.958 bits per heavy atom. The van der Waals surface area contributed by atoms with Crippen molar-refractivity contribution in [2.45, 2.75) is 129 Å². The molecule has 0 atom stereocenters. The van der Waals surface area contributed by atoms with Crippen LogP contribution in [-0.2, 0) is 4.79 Å². The Morgan fingerprint density at radius 1 is 0.625 bits per heavy atom. The Balaban J connectivity index is 3.19. The summed E-state index contributed by atoms with van der Waals surface area (Å²) in [5.41, 5.74) is 10.4. The first-order valence-electron chi connectivity index (χ1n) is 10.7. The maximum Gasteiger partial charge on any atom is 0.166 e. The first kappa shape index (κ1) is 23.6. The van der Waals surface area contributed by atoms with E-state index in [9.17, 15) is 4.79 Å². The zero-order valence-corrected chi connectivity index (χ0v) is 16.6. The van der Waals surface area contributed by atoms with E-state index in [0.29, 0.717) is 12.8 Å². The maximum absolute atomic E-state index is 11.8. The summed E-state index contributed by atoms with van der Waals surface area (Å²) in [4.78, 5) is 11.8. The van der Waals surface area contributed by atoms with Gasteiger partial charge in [-0.1, -0.05) is 104 Å². The Kier molecular flexibility index (Phi) is 15.8. The highest BCUT2D eigenvalue weighted by molar-refractivity contribution is 5.87. The fourth-order valence-corrected chi connectivity index (χ4v) is 3.09. The molecule has 0 fully saturated rings. The van der Waals surface area contributed by atoms with Crippen molar-refractivity contribution in [3.05, 3.63) is 0 Å². The van der Waals surface area contributed by atoms with Gasteiger partial charge in [0.15, 0.2) is 5.78 Å². The summed E-state index contributed by atoms with van der Waals surface area (Å²) in [7, 11) is 0. The quantitative estimate of drug-likeness (QED) is 0.243. The van der Waals surface area contributed by atoms with E-state index in [1.807, 2.05) is 6.92 Å². The molecule has 0 bridgehead atoms. The van der Waals surface area contributed by atoms with Crippen LogP contribution in [0.5, 0.6) is 0 Å².